The van der Waals surface area contributed by atoms with E-state index in [1.54, 1.807) is 35.8 Å². The quantitative estimate of drug-likeness (QED) is 0.358. The van der Waals surface area contributed by atoms with Crippen LogP contribution in [0.2, 0.25) is 0 Å². The van der Waals surface area contributed by atoms with Crippen LogP contribution in [0.3, 0.4) is 0 Å². The van der Waals surface area contributed by atoms with Crippen molar-refractivity contribution in [3.8, 4) is 0 Å². The fourth-order valence-corrected chi connectivity index (χ4v) is 3.70. The maximum Gasteiger partial charge on any atom is 0.267 e. The zero-order chi connectivity index (χ0) is 20.1. The van der Waals surface area contributed by atoms with Crippen LogP contribution in [0.15, 0.2) is 86.7 Å². The van der Waals surface area contributed by atoms with Crippen LogP contribution in [0.5, 0.6) is 0 Å². The Hall–Kier alpha value is -3.45. The molecule has 1 saturated heterocycles. The largest absolute Gasteiger partial charge is 0.467 e. The number of hydrogen-bond acceptors (Lipinski definition) is 6. The van der Waals surface area contributed by atoms with Gasteiger partial charge >= 0.3 is 0 Å². The standard InChI is InChI=1S/C22H18N4O2S/c1-16-6-2-3-8-18(16)14-24-25-22-26(15-19-9-5-11-28-19)21(27)20(29-22)12-17-7-4-10-23-13-17/h2-14H,15H2,1H3/b20-12-,24-14-,25-22+. The van der Waals surface area contributed by atoms with Gasteiger partial charge in [0.15, 0.2) is 5.17 Å². The van der Waals surface area contributed by atoms with E-state index in [1.807, 2.05) is 55.5 Å². The molecule has 1 aromatic carbocycles. The Morgan fingerprint density at radius 1 is 1.17 bits per heavy atom. The second-order valence-electron chi connectivity index (χ2n) is 6.35. The number of thioether (sulfide) groups is 1. The van der Waals surface area contributed by atoms with Crippen molar-refractivity contribution in [2.24, 2.45) is 10.2 Å². The first-order valence-corrected chi connectivity index (χ1v) is 9.83. The number of amides is 1. The van der Waals surface area contributed by atoms with Gasteiger partial charge < -0.3 is 4.42 Å². The van der Waals surface area contributed by atoms with Crippen molar-refractivity contribution in [3.63, 3.8) is 0 Å². The highest BCUT2D eigenvalue weighted by atomic mass is 32.2. The lowest BCUT2D eigenvalue weighted by Crippen LogP contribution is -2.28. The average Bonchev–Trinajstić information content (AvgIpc) is 3.35. The minimum atomic E-state index is -0.139. The summed E-state index contributed by atoms with van der Waals surface area (Å²) in [6.07, 6.45) is 8.50. The van der Waals surface area contributed by atoms with Gasteiger partial charge in [-0.2, -0.15) is 5.10 Å². The number of aromatic nitrogens is 1. The molecule has 7 heteroatoms. The summed E-state index contributed by atoms with van der Waals surface area (Å²) in [4.78, 5) is 19.2. The average molecular weight is 402 g/mol. The van der Waals surface area contributed by atoms with Crippen LogP contribution in [0.4, 0.5) is 0 Å². The monoisotopic (exact) mass is 402 g/mol. The van der Waals surface area contributed by atoms with Gasteiger partial charge in [-0.15, -0.1) is 5.10 Å². The normalized spacial score (nSPS) is 17.1. The lowest BCUT2D eigenvalue weighted by Gasteiger charge is -2.12. The lowest BCUT2D eigenvalue weighted by molar-refractivity contribution is -0.122. The highest BCUT2D eigenvalue weighted by Crippen LogP contribution is 2.33. The van der Waals surface area contributed by atoms with Crippen molar-refractivity contribution in [2.45, 2.75) is 13.5 Å². The van der Waals surface area contributed by atoms with Gasteiger partial charge in [-0.1, -0.05) is 30.3 Å². The fraction of sp³-hybridized carbons (Fsp3) is 0.0909. The van der Waals surface area contributed by atoms with Gasteiger partial charge in [-0.3, -0.25) is 14.7 Å². The first-order valence-electron chi connectivity index (χ1n) is 9.01. The molecule has 0 saturated carbocycles. The SMILES string of the molecule is Cc1ccccc1/C=N\N=C1\S/C(=C\c2cccnc2)C(=O)N1Cc1ccco1. The number of furan rings is 1. The molecule has 0 aliphatic carbocycles. The molecule has 2 aromatic heterocycles. The van der Waals surface area contributed by atoms with Gasteiger partial charge in [0.2, 0.25) is 0 Å². The summed E-state index contributed by atoms with van der Waals surface area (Å²) in [6, 6.07) is 15.3. The Labute approximate surface area is 172 Å². The Balaban J connectivity index is 1.63. The number of aryl methyl sites for hydroxylation is 1. The third kappa shape index (κ3) is 4.52. The summed E-state index contributed by atoms with van der Waals surface area (Å²) in [5, 5.41) is 9.04. The molecule has 29 heavy (non-hydrogen) atoms. The molecule has 1 aliphatic rings. The zero-order valence-electron chi connectivity index (χ0n) is 15.7. The van der Waals surface area contributed by atoms with E-state index in [4.69, 9.17) is 4.42 Å². The molecule has 3 aromatic rings. The molecular formula is C22H18N4O2S. The second-order valence-corrected chi connectivity index (χ2v) is 7.36. The van der Waals surface area contributed by atoms with E-state index in [0.717, 1.165) is 16.7 Å². The van der Waals surface area contributed by atoms with E-state index in [-0.39, 0.29) is 5.91 Å². The van der Waals surface area contributed by atoms with E-state index in [9.17, 15) is 4.79 Å². The molecule has 144 valence electrons. The number of nitrogens with zero attached hydrogens (tertiary/aromatic N) is 4. The van der Waals surface area contributed by atoms with Gasteiger partial charge in [-0.25, -0.2) is 0 Å². The molecule has 1 aliphatic heterocycles. The maximum atomic E-state index is 13.0. The van der Waals surface area contributed by atoms with Crippen molar-refractivity contribution < 1.29 is 9.21 Å². The number of rotatable bonds is 5. The van der Waals surface area contributed by atoms with E-state index < -0.39 is 0 Å². The summed E-state index contributed by atoms with van der Waals surface area (Å²) in [5.74, 6) is 0.539. The molecule has 0 atom stereocenters. The number of hydrogen-bond donors (Lipinski definition) is 0. The highest BCUT2D eigenvalue weighted by Gasteiger charge is 2.34. The third-order valence-electron chi connectivity index (χ3n) is 4.29. The molecule has 3 heterocycles. The van der Waals surface area contributed by atoms with Crippen LogP contribution in [0.1, 0.15) is 22.5 Å². The molecule has 1 amide bonds. The predicted molar refractivity (Wildman–Crippen MR) is 115 cm³/mol. The van der Waals surface area contributed by atoms with Gasteiger partial charge in [0.1, 0.15) is 5.76 Å². The molecule has 0 radical (unpaired) electrons. The summed E-state index contributed by atoms with van der Waals surface area (Å²) >= 11 is 1.29. The smallest absolute Gasteiger partial charge is 0.267 e. The van der Waals surface area contributed by atoms with E-state index in [1.165, 1.54) is 11.8 Å². The van der Waals surface area contributed by atoms with Crippen LogP contribution in [0.25, 0.3) is 6.08 Å². The summed E-state index contributed by atoms with van der Waals surface area (Å²) in [5.41, 5.74) is 2.94. The summed E-state index contributed by atoms with van der Waals surface area (Å²) in [7, 11) is 0. The second kappa shape index (κ2) is 8.70. The Bertz CT molecular complexity index is 1090. The van der Waals surface area contributed by atoms with Crippen LogP contribution < -0.4 is 0 Å². The van der Waals surface area contributed by atoms with Gasteiger partial charge in [-0.05, 0) is 59.7 Å². The van der Waals surface area contributed by atoms with Crippen molar-refractivity contribution in [1.29, 1.82) is 0 Å². The van der Waals surface area contributed by atoms with Gasteiger partial charge in [0.25, 0.3) is 5.91 Å². The van der Waals surface area contributed by atoms with Gasteiger partial charge in [0.05, 0.1) is 23.9 Å². The van der Waals surface area contributed by atoms with E-state index in [0.29, 0.717) is 22.4 Å². The fourth-order valence-electron chi connectivity index (χ4n) is 2.77. The molecule has 0 bridgehead atoms. The third-order valence-corrected chi connectivity index (χ3v) is 5.29. The van der Waals surface area contributed by atoms with E-state index in [2.05, 4.69) is 15.2 Å². The predicted octanol–water partition coefficient (Wildman–Crippen LogP) is 4.49. The molecule has 6 nitrogen and oxygen atoms in total. The van der Waals surface area contributed by atoms with Crippen molar-refractivity contribution in [2.75, 3.05) is 0 Å². The zero-order valence-corrected chi connectivity index (χ0v) is 16.5. The molecular weight excluding hydrogens is 384 g/mol. The molecule has 0 unspecified atom stereocenters. The molecule has 4 rings (SSSR count). The molecule has 0 N–H and O–H groups in total. The first-order chi connectivity index (χ1) is 14.2. The van der Waals surface area contributed by atoms with Crippen molar-refractivity contribution >= 4 is 35.1 Å². The Morgan fingerprint density at radius 3 is 2.83 bits per heavy atom. The number of carbonyl (C=O) groups excluding carboxylic acids is 1. The number of pyridine rings is 1. The minimum absolute atomic E-state index is 0.139. The number of carbonyl (C=O) groups is 1. The Kier molecular flexibility index (Phi) is 5.67. The van der Waals surface area contributed by atoms with Crippen LogP contribution >= 0.6 is 11.8 Å². The topological polar surface area (TPSA) is 71.1 Å². The van der Waals surface area contributed by atoms with E-state index >= 15 is 0 Å². The summed E-state index contributed by atoms with van der Waals surface area (Å²) < 4.78 is 5.41. The van der Waals surface area contributed by atoms with Crippen molar-refractivity contribution in [1.82, 2.24) is 9.88 Å². The van der Waals surface area contributed by atoms with Crippen molar-refractivity contribution in [3.05, 3.63) is 94.5 Å². The lowest BCUT2D eigenvalue weighted by atomic mass is 10.1. The maximum absolute atomic E-state index is 13.0. The number of benzene rings is 1. The molecule has 0 spiro atoms. The first kappa shape index (κ1) is 18.9. The Morgan fingerprint density at radius 2 is 2.07 bits per heavy atom. The van der Waals surface area contributed by atoms with Crippen LogP contribution in [-0.4, -0.2) is 27.2 Å². The van der Waals surface area contributed by atoms with Gasteiger partial charge in [0, 0.05) is 12.4 Å². The molecule has 1 fully saturated rings. The number of amidine groups is 1. The highest BCUT2D eigenvalue weighted by molar-refractivity contribution is 8.18. The van der Waals surface area contributed by atoms with Crippen LogP contribution in [-0.2, 0) is 11.3 Å². The minimum Gasteiger partial charge on any atom is -0.467 e. The van der Waals surface area contributed by atoms with Crippen LogP contribution in [0, 0.1) is 6.92 Å². The summed E-state index contributed by atoms with van der Waals surface area (Å²) in [6.45, 7) is 2.31.